The predicted molar refractivity (Wildman–Crippen MR) is 94.0 cm³/mol. The fraction of sp³-hybridized carbons (Fsp3) is 0.333. The van der Waals surface area contributed by atoms with Crippen LogP contribution in [-0.4, -0.2) is 28.8 Å². The third kappa shape index (κ3) is 4.71. The molecule has 0 N–H and O–H groups in total. The van der Waals surface area contributed by atoms with Gasteiger partial charge in [0.15, 0.2) is 5.78 Å². The number of ketones is 1. The molecule has 0 unspecified atom stereocenters. The van der Waals surface area contributed by atoms with Crippen molar-refractivity contribution in [3.05, 3.63) is 48.8 Å². The Hall–Kier alpha value is -0.560. The van der Waals surface area contributed by atoms with Crippen molar-refractivity contribution in [1.82, 2.24) is 9.88 Å². The van der Waals surface area contributed by atoms with Gasteiger partial charge in [0.1, 0.15) is 0 Å². The van der Waals surface area contributed by atoms with E-state index >= 15 is 0 Å². The summed E-state index contributed by atoms with van der Waals surface area (Å²) < 4.78 is 1.84. The van der Waals surface area contributed by atoms with Gasteiger partial charge in [0.25, 0.3) is 0 Å². The van der Waals surface area contributed by atoms with Crippen LogP contribution in [0.5, 0.6) is 0 Å². The second-order valence-electron chi connectivity index (χ2n) is 4.73. The van der Waals surface area contributed by atoms with E-state index < -0.39 is 0 Å². The maximum atomic E-state index is 12.4. The zero-order valence-corrected chi connectivity index (χ0v) is 15.9. The van der Waals surface area contributed by atoms with E-state index in [4.69, 9.17) is 0 Å². The summed E-state index contributed by atoms with van der Waals surface area (Å²) in [6, 6.07) is 7.85. The molecule has 0 spiro atoms. The Bertz CT molecular complexity index is 642. The molecule has 0 radical (unpaired) electrons. The van der Waals surface area contributed by atoms with Crippen LogP contribution in [-0.2, 0) is 6.54 Å². The molecule has 0 saturated carbocycles. The Labute approximate surface area is 145 Å². The molecule has 0 saturated heterocycles. The molecular weight excluding hydrogens is 416 g/mol. The van der Waals surface area contributed by atoms with Crippen LogP contribution in [0.2, 0.25) is 0 Å². The van der Waals surface area contributed by atoms with Gasteiger partial charge in [-0.2, -0.15) is 0 Å². The molecule has 2 rings (SSSR count). The molecule has 0 aliphatic carbocycles. The number of nitrogens with zero attached hydrogens (tertiary/aromatic N) is 2. The molecule has 0 atom stereocenters. The molecule has 0 aliphatic heterocycles. The fourth-order valence-electron chi connectivity index (χ4n) is 2.01. The summed E-state index contributed by atoms with van der Waals surface area (Å²) in [5, 5.41) is 0. The summed E-state index contributed by atoms with van der Waals surface area (Å²) in [5.74, 6) is 0.123. The minimum Gasteiger partial charge on any atom is -0.293 e. The summed E-state index contributed by atoms with van der Waals surface area (Å²) in [6.45, 7) is 5.93. The third-order valence-corrected chi connectivity index (χ3v) is 5.44. The first-order valence-corrected chi connectivity index (χ1v) is 9.02. The molecule has 0 bridgehead atoms. The normalized spacial score (nSPS) is 11.1. The zero-order chi connectivity index (χ0) is 15.4. The molecule has 112 valence electrons. The first kappa shape index (κ1) is 16.8. The molecule has 0 fully saturated rings. The van der Waals surface area contributed by atoms with Crippen LogP contribution in [0.1, 0.15) is 28.7 Å². The number of carbonyl (C=O) groups is 1. The number of carbonyl (C=O) groups excluding carboxylic acids is 1. The van der Waals surface area contributed by atoms with Gasteiger partial charge in [0.05, 0.1) is 19.8 Å². The highest BCUT2D eigenvalue weighted by Crippen LogP contribution is 2.32. The quantitative estimate of drug-likeness (QED) is 0.622. The van der Waals surface area contributed by atoms with Gasteiger partial charge in [-0.25, -0.2) is 0 Å². The summed E-state index contributed by atoms with van der Waals surface area (Å²) >= 11 is 8.37. The van der Waals surface area contributed by atoms with Gasteiger partial charge in [-0.1, -0.05) is 13.0 Å². The first-order chi connectivity index (χ1) is 9.99. The lowest BCUT2D eigenvalue weighted by Gasteiger charge is -2.19. The van der Waals surface area contributed by atoms with Crippen molar-refractivity contribution in [2.75, 3.05) is 13.1 Å². The van der Waals surface area contributed by atoms with E-state index in [1.807, 2.05) is 31.2 Å². The van der Waals surface area contributed by atoms with Crippen LogP contribution in [0.25, 0.3) is 0 Å². The van der Waals surface area contributed by atoms with E-state index in [0.29, 0.717) is 13.1 Å². The van der Waals surface area contributed by atoms with Crippen molar-refractivity contribution in [3.63, 3.8) is 0 Å². The SMILES string of the molecule is CCN(CC(=O)c1cc(Br)sc1Br)Cc1cccc(C)n1. The minimum atomic E-state index is 0.123. The van der Waals surface area contributed by atoms with E-state index in [1.54, 1.807) is 0 Å². The van der Waals surface area contributed by atoms with Crippen molar-refractivity contribution in [2.45, 2.75) is 20.4 Å². The van der Waals surface area contributed by atoms with E-state index in [-0.39, 0.29) is 5.78 Å². The lowest BCUT2D eigenvalue weighted by Crippen LogP contribution is -2.29. The summed E-state index contributed by atoms with van der Waals surface area (Å²) in [4.78, 5) is 19.0. The zero-order valence-electron chi connectivity index (χ0n) is 11.9. The van der Waals surface area contributed by atoms with Crippen molar-refractivity contribution >= 4 is 49.0 Å². The van der Waals surface area contributed by atoms with E-state index in [2.05, 4.69) is 48.7 Å². The molecule has 2 heterocycles. The summed E-state index contributed by atoms with van der Waals surface area (Å²) in [6.07, 6.45) is 0. The summed E-state index contributed by atoms with van der Waals surface area (Å²) in [7, 11) is 0. The van der Waals surface area contributed by atoms with E-state index in [1.165, 1.54) is 11.3 Å². The summed E-state index contributed by atoms with van der Waals surface area (Å²) in [5.41, 5.74) is 2.73. The lowest BCUT2D eigenvalue weighted by atomic mass is 10.2. The Morgan fingerprint density at radius 1 is 1.38 bits per heavy atom. The van der Waals surface area contributed by atoms with Crippen LogP contribution >= 0.6 is 43.2 Å². The van der Waals surface area contributed by atoms with Gasteiger partial charge >= 0.3 is 0 Å². The van der Waals surface area contributed by atoms with Crippen LogP contribution in [0.15, 0.2) is 31.8 Å². The Balaban J connectivity index is 2.05. The van der Waals surface area contributed by atoms with Crippen LogP contribution in [0.4, 0.5) is 0 Å². The molecular formula is C15H16Br2N2OS. The maximum Gasteiger partial charge on any atom is 0.178 e. The topological polar surface area (TPSA) is 33.2 Å². The number of thiophene rings is 1. The number of aryl methyl sites for hydroxylation is 1. The van der Waals surface area contributed by atoms with Gasteiger partial charge < -0.3 is 0 Å². The van der Waals surface area contributed by atoms with Crippen LogP contribution in [0, 0.1) is 6.92 Å². The highest BCUT2D eigenvalue weighted by molar-refractivity contribution is 9.12. The number of halogens is 2. The highest BCUT2D eigenvalue weighted by atomic mass is 79.9. The molecule has 21 heavy (non-hydrogen) atoms. The van der Waals surface area contributed by atoms with Crippen LogP contribution < -0.4 is 0 Å². The minimum absolute atomic E-state index is 0.123. The average molecular weight is 432 g/mol. The van der Waals surface area contributed by atoms with Crippen LogP contribution in [0.3, 0.4) is 0 Å². The molecule has 0 aliphatic rings. The molecule has 6 heteroatoms. The first-order valence-electron chi connectivity index (χ1n) is 6.62. The van der Waals surface area contributed by atoms with Gasteiger partial charge in [-0.15, -0.1) is 11.3 Å². The standard InChI is InChI=1S/C15H16Br2N2OS/c1-3-19(8-11-6-4-5-10(2)18-11)9-13(20)12-7-14(16)21-15(12)17/h4-7H,3,8-9H2,1-2H3. The largest absolute Gasteiger partial charge is 0.293 e. The molecule has 3 nitrogen and oxygen atoms in total. The van der Waals surface area contributed by atoms with Gasteiger partial charge in [0.2, 0.25) is 0 Å². The highest BCUT2D eigenvalue weighted by Gasteiger charge is 2.17. The van der Waals surface area contributed by atoms with Gasteiger partial charge in [0, 0.05) is 17.8 Å². The van der Waals surface area contributed by atoms with Crippen molar-refractivity contribution < 1.29 is 4.79 Å². The number of likely N-dealkylation sites (N-methyl/N-ethyl adjacent to an activating group) is 1. The van der Waals surface area contributed by atoms with Gasteiger partial charge in [-0.05, 0) is 63.5 Å². The fourth-order valence-corrected chi connectivity index (χ4v) is 4.87. The number of aromatic nitrogens is 1. The number of hydrogen-bond donors (Lipinski definition) is 0. The monoisotopic (exact) mass is 430 g/mol. The number of hydrogen-bond acceptors (Lipinski definition) is 4. The van der Waals surface area contributed by atoms with E-state index in [9.17, 15) is 4.79 Å². The number of rotatable bonds is 6. The Kier molecular flexibility index (Phi) is 6.10. The van der Waals surface area contributed by atoms with Crippen molar-refractivity contribution in [3.8, 4) is 0 Å². The molecule has 0 amide bonds. The molecule has 2 aromatic rings. The van der Waals surface area contributed by atoms with Crippen molar-refractivity contribution in [1.29, 1.82) is 0 Å². The number of pyridine rings is 1. The smallest absolute Gasteiger partial charge is 0.178 e. The maximum absolute atomic E-state index is 12.4. The predicted octanol–water partition coefficient (Wildman–Crippen LogP) is 4.68. The second-order valence-corrected chi connectivity index (χ2v) is 8.48. The second kappa shape index (κ2) is 7.63. The van der Waals surface area contributed by atoms with Crippen molar-refractivity contribution in [2.24, 2.45) is 0 Å². The lowest BCUT2D eigenvalue weighted by molar-refractivity contribution is 0.0928. The molecule has 0 aromatic carbocycles. The molecule has 2 aromatic heterocycles. The Morgan fingerprint density at radius 3 is 2.71 bits per heavy atom. The van der Waals surface area contributed by atoms with E-state index in [0.717, 1.165) is 31.1 Å². The van der Waals surface area contributed by atoms with Gasteiger partial charge in [-0.3, -0.25) is 14.7 Å². The Morgan fingerprint density at radius 2 is 2.14 bits per heavy atom. The average Bonchev–Trinajstić information content (AvgIpc) is 2.77. The number of Topliss-reactive ketones (excluding diaryl/α,β-unsaturated/α-hetero) is 1. The third-order valence-electron chi connectivity index (χ3n) is 3.10.